The predicted molar refractivity (Wildman–Crippen MR) is 61.6 cm³/mol. The van der Waals surface area contributed by atoms with Gasteiger partial charge in [0, 0.05) is 13.6 Å². The summed E-state index contributed by atoms with van der Waals surface area (Å²) < 4.78 is 1.51. The smallest absolute Gasteiger partial charge is 0.231 e. The van der Waals surface area contributed by atoms with Crippen LogP contribution in [0.5, 0.6) is 0 Å². The molecule has 0 aliphatic rings. The van der Waals surface area contributed by atoms with Crippen molar-refractivity contribution in [2.24, 2.45) is 24.6 Å². The van der Waals surface area contributed by atoms with Crippen molar-refractivity contribution in [3.63, 3.8) is 0 Å². The van der Waals surface area contributed by atoms with E-state index in [-0.39, 0.29) is 11.8 Å². The molecule has 1 rings (SSSR count). The van der Waals surface area contributed by atoms with Crippen molar-refractivity contribution in [3.05, 3.63) is 6.33 Å². The summed E-state index contributed by atoms with van der Waals surface area (Å²) in [7, 11) is 1.72. The number of hydrogen-bond acceptors (Lipinski definition) is 4. The molecular weight excluding hydrogens is 206 g/mol. The second kappa shape index (κ2) is 5.60. The summed E-state index contributed by atoms with van der Waals surface area (Å²) in [4.78, 5) is 15.8. The molecule has 0 fully saturated rings. The van der Waals surface area contributed by atoms with E-state index in [9.17, 15) is 4.79 Å². The average molecular weight is 225 g/mol. The third-order valence-corrected chi connectivity index (χ3v) is 2.36. The molecule has 0 radical (unpaired) electrons. The van der Waals surface area contributed by atoms with E-state index in [2.05, 4.69) is 29.2 Å². The van der Waals surface area contributed by atoms with Gasteiger partial charge in [-0.15, -0.1) is 0 Å². The molecule has 0 aromatic carbocycles. The summed E-state index contributed by atoms with van der Waals surface area (Å²) in [6.45, 7) is 4.48. The fourth-order valence-electron chi connectivity index (χ4n) is 1.50. The molecule has 6 nitrogen and oxygen atoms in total. The van der Waals surface area contributed by atoms with E-state index in [0.29, 0.717) is 18.4 Å². The average Bonchev–Trinajstić information content (AvgIpc) is 2.60. The maximum absolute atomic E-state index is 11.9. The van der Waals surface area contributed by atoms with E-state index in [4.69, 9.17) is 5.73 Å². The summed E-state index contributed by atoms with van der Waals surface area (Å²) >= 11 is 0. The SMILES string of the molecule is CC(C)CC(CN)C(=O)Nc1ncnn1C. The third-order valence-electron chi connectivity index (χ3n) is 2.36. The Morgan fingerprint density at radius 3 is 2.75 bits per heavy atom. The Morgan fingerprint density at radius 2 is 2.31 bits per heavy atom. The third kappa shape index (κ3) is 3.30. The largest absolute Gasteiger partial charge is 0.330 e. The van der Waals surface area contributed by atoms with Gasteiger partial charge in [-0.3, -0.25) is 10.1 Å². The van der Waals surface area contributed by atoms with Gasteiger partial charge in [0.2, 0.25) is 11.9 Å². The number of carbonyl (C=O) groups is 1. The number of rotatable bonds is 5. The number of amides is 1. The molecular formula is C10H19N5O. The van der Waals surface area contributed by atoms with Crippen LogP contribution in [0.3, 0.4) is 0 Å². The fraction of sp³-hybridized carbons (Fsp3) is 0.700. The van der Waals surface area contributed by atoms with Crippen molar-refractivity contribution >= 4 is 11.9 Å². The highest BCUT2D eigenvalue weighted by molar-refractivity contribution is 5.91. The number of hydrogen-bond donors (Lipinski definition) is 2. The van der Waals surface area contributed by atoms with E-state index < -0.39 is 0 Å². The monoisotopic (exact) mass is 225 g/mol. The zero-order valence-electron chi connectivity index (χ0n) is 9.97. The van der Waals surface area contributed by atoms with E-state index in [1.54, 1.807) is 7.05 Å². The predicted octanol–water partition coefficient (Wildman–Crippen LogP) is 0.375. The van der Waals surface area contributed by atoms with Crippen LogP contribution in [-0.4, -0.2) is 27.2 Å². The molecule has 0 saturated heterocycles. The van der Waals surface area contributed by atoms with Crippen molar-refractivity contribution in [1.82, 2.24) is 14.8 Å². The molecule has 0 saturated carbocycles. The highest BCUT2D eigenvalue weighted by atomic mass is 16.2. The van der Waals surface area contributed by atoms with Gasteiger partial charge >= 0.3 is 0 Å². The Labute approximate surface area is 95.2 Å². The molecule has 1 aromatic rings. The summed E-state index contributed by atoms with van der Waals surface area (Å²) in [5.74, 6) is 0.634. The van der Waals surface area contributed by atoms with Gasteiger partial charge in [0.25, 0.3) is 0 Å². The maximum Gasteiger partial charge on any atom is 0.231 e. The Balaban J connectivity index is 2.59. The van der Waals surface area contributed by atoms with Crippen molar-refractivity contribution < 1.29 is 4.79 Å². The zero-order valence-corrected chi connectivity index (χ0v) is 9.97. The van der Waals surface area contributed by atoms with Crippen LogP contribution in [0.2, 0.25) is 0 Å². The second-order valence-corrected chi connectivity index (χ2v) is 4.26. The molecule has 0 aliphatic heterocycles. The van der Waals surface area contributed by atoms with Crippen molar-refractivity contribution in [2.45, 2.75) is 20.3 Å². The number of nitrogens with one attached hydrogen (secondary N) is 1. The summed E-state index contributed by atoms with van der Waals surface area (Å²) in [5, 5.41) is 6.59. The Morgan fingerprint density at radius 1 is 1.62 bits per heavy atom. The van der Waals surface area contributed by atoms with Crippen molar-refractivity contribution in [1.29, 1.82) is 0 Å². The normalized spacial score (nSPS) is 12.8. The van der Waals surface area contributed by atoms with E-state index in [1.807, 2.05) is 0 Å². The maximum atomic E-state index is 11.9. The molecule has 1 heterocycles. The van der Waals surface area contributed by atoms with Gasteiger partial charge in [0.05, 0.1) is 5.92 Å². The van der Waals surface area contributed by atoms with Crippen LogP contribution in [0, 0.1) is 11.8 Å². The molecule has 6 heteroatoms. The van der Waals surface area contributed by atoms with Crippen LogP contribution in [0.1, 0.15) is 20.3 Å². The van der Waals surface area contributed by atoms with Crippen LogP contribution in [-0.2, 0) is 11.8 Å². The summed E-state index contributed by atoms with van der Waals surface area (Å²) in [6, 6.07) is 0. The Bertz CT molecular complexity index is 347. The minimum atomic E-state index is -0.170. The van der Waals surface area contributed by atoms with E-state index >= 15 is 0 Å². The van der Waals surface area contributed by atoms with Crippen LogP contribution in [0.15, 0.2) is 6.33 Å². The van der Waals surface area contributed by atoms with Gasteiger partial charge in [-0.05, 0) is 12.3 Å². The van der Waals surface area contributed by atoms with E-state index in [0.717, 1.165) is 6.42 Å². The number of carbonyl (C=O) groups excluding carboxylic acids is 1. The number of aryl methyl sites for hydroxylation is 1. The lowest BCUT2D eigenvalue weighted by molar-refractivity contribution is -0.120. The molecule has 1 aromatic heterocycles. The molecule has 1 unspecified atom stereocenters. The fourth-order valence-corrected chi connectivity index (χ4v) is 1.50. The lowest BCUT2D eigenvalue weighted by Crippen LogP contribution is -2.31. The van der Waals surface area contributed by atoms with Crippen LogP contribution in [0.25, 0.3) is 0 Å². The zero-order chi connectivity index (χ0) is 12.1. The van der Waals surface area contributed by atoms with Crippen LogP contribution < -0.4 is 11.1 Å². The molecule has 1 atom stereocenters. The van der Waals surface area contributed by atoms with Gasteiger partial charge in [0.15, 0.2) is 0 Å². The van der Waals surface area contributed by atoms with Crippen LogP contribution >= 0.6 is 0 Å². The lowest BCUT2D eigenvalue weighted by atomic mass is 9.96. The first-order chi connectivity index (χ1) is 7.54. The highest BCUT2D eigenvalue weighted by Crippen LogP contribution is 2.12. The number of aromatic nitrogens is 3. The highest BCUT2D eigenvalue weighted by Gasteiger charge is 2.19. The molecule has 16 heavy (non-hydrogen) atoms. The first-order valence-electron chi connectivity index (χ1n) is 5.39. The first kappa shape index (κ1) is 12.6. The van der Waals surface area contributed by atoms with Crippen molar-refractivity contribution in [3.8, 4) is 0 Å². The lowest BCUT2D eigenvalue weighted by Gasteiger charge is -2.16. The van der Waals surface area contributed by atoms with Gasteiger partial charge in [-0.1, -0.05) is 13.8 Å². The minimum Gasteiger partial charge on any atom is -0.330 e. The number of nitrogens with two attached hydrogens (primary N) is 1. The first-order valence-corrected chi connectivity index (χ1v) is 5.39. The van der Waals surface area contributed by atoms with Gasteiger partial charge in [-0.25, -0.2) is 4.68 Å². The van der Waals surface area contributed by atoms with Crippen molar-refractivity contribution in [2.75, 3.05) is 11.9 Å². The minimum absolute atomic E-state index is 0.0905. The Hall–Kier alpha value is -1.43. The number of anilines is 1. The van der Waals surface area contributed by atoms with E-state index in [1.165, 1.54) is 11.0 Å². The molecule has 0 spiro atoms. The molecule has 0 bridgehead atoms. The summed E-state index contributed by atoms with van der Waals surface area (Å²) in [5.41, 5.74) is 5.59. The second-order valence-electron chi connectivity index (χ2n) is 4.26. The number of nitrogens with zero attached hydrogens (tertiary/aromatic N) is 3. The molecule has 0 aliphatic carbocycles. The van der Waals surface area contributed by atoms with Gasteiger partial charge in [0.1, 0.15) is 6.33 Å². The Kier molecular flexibility index (Phi) is 4.42. The molecule has 3 N–H and O–H groups in total. The topological polar surface area (TPSA) is 85.8 Å². The summed E-state index contributed by atoms with van der Waals surface area (Å²) in [6.07, 6.45) is 2.18. The molecule has 1 amide bonds. The molecule has 90 valence electrons. The van der Waals surface area contributed by atoms with Gasteiger partial charge < -0.3 is 5.73 Å². The van der Waals surface area contributed by atoms with Gasteiger partial charge in [-0.2, -0.15) is 10.1 Å². The standard InChI is InChI=1S/C10H19N5O/c1-7(2)4-8(5-11)9(16)14-10-12-6-13-15(10)3/h6-8H,4-5,11H2,1-3H3,(H,12,13,14,16). The van der Waals surface area contributed by atoms with Crippen LogP contribution in [0.4, 0.5) is 5.95 Å². The quantitative estimate of drug-likeness (QED) is 0.758.